The molecule has 0 saturated heterocycles. The van der Waals surface area contributed by atoms with Gasteiger partial charge in [0.1, 0.15) is 10.7 Å². The number of methoxy groups -OCH3 is 1. The molecule has 0 N–H and O–H groups in total. The number of ether oxygens (including phenoxy) is 1. The van der Waals surface area contributed by atoms with Crippen molar-refractivity contribution < 1.29 is 9.53 Å². The van der Waals surface area contributed by atoms with Crippen LogP contribution in [0.15, 0.2) is 11.6 Å². The van der Waals surface area contributed by atoms with Gasteiger partial charge in [0.25, 0.3) is 0 Å². The van der Waals surface area contributed by atoms with Gasteiger partial charge in [-0.1, -0.05) is 0 Å². The van der Waals surface area contributed by atoms with Crippen molar-refractivity contribution in [3.8, 4) is 5.75 Å². The van der Waals surface area contributed by atoms with E-state index in [2.05, 4.69) is 10.1 Å². The van der Waals surface area contributed by atoms with Gasteiger partial charge in [0.15, 0.2) is 11.5 Å². The number of nitrogens with zero attached hydrogens (tertiary/aromatic N) is 4. The molecule has 0 spiro atoms. The molecular weight excluding hydrogens is 288 g/mol. The Balaban J connectivity index is 2.19. The quantitative estimate of drug-likeness (QED) is 0.728. The van der Waals surface area contributed by atoms with Gasteiger partial charge < -0.3 is 9.64 Å². The Labute approximate surface area is 128 Å². The van der Waals surface area contributed by atoms with E-state index in [0.29, 0.717) is 18.0 Å². The molecule has 0 aromatic carbocycles. The Bertz CT molecular complexity index is 618. The number of carbonyl (C=O) groups is 1. The van der Waals surface area contributed by atoms with Crippen LogP contribution in [0.1, 0.15) is 21.2 Å². The molecule has 0 unspecified atom stereocenters. The van der Waals surface area contributed by atoms with Gasteiger partial charge in [0.05, 0.1) is 26.3 Å². The first-order valence-electron chi connectivity index (χ1n) is 6.70. The zero-order chi connectivity index (χ0) is 15.4. The van der Waals surface area contributed by atoms with Gasteiger partial charge in [-0.3, -0.25) is 9.48 Å². The molecule has 0 saturated carbocycles. The van der Waals surface area contributed by atoms with E-state index in [1.54, 1.807) is 18.0 Å². The van der Waals surface area contributed by atoms with Crippen LogP contribution in [0, 0.1) is 6.92 Å². The fourth-order valence-corrected chi connectivity index (χ4v) is 2.74. The van der Waals surface area contributed by atoms with Crippen molar-refractivity contribution in [2.45, 2.75) is 19.9 Å². The van der Waals surface area contributed by atoms with Gasteiger partial charge in [-0.2, -0.15) is 5.10 Å². The fraction of sp³-hybridized carbons (Fsp3) is 0.500. The maximum Gasteiger partial charge on any atom is 0.191 e. The van der Waals surface area contributed by atoms with E-state index in [1.807, 2.05) is 31.3 Å². The van der Waals surface area contributed by atoms with Crippen molar-refractivity contribution in [1.82, 2.24) is 19.7 Å². The second-order valence-corrected chi connectivity index (χ2v) is 6.01. The average Bonchev–Trinajstić information content (AvgIpc) is 3.02. The minimum Gasteiger partial charge on any atom is -0.493 e. The Kier molecular flexibility index (Phi) is 5.08. The molecule has 0 radical (unpaired) electrons. The zero-order valence-corrected chi connectivity index (χ0v) is 13.6. The number of aryl methyl sites for hydroxylation is 1. The summed E-state index contributed by atoms with van der Waals surface area (Å²) in [6.07, 6.45) is 1.87. The summed E-state index contributed by atoms with van der Waals surface area (Å²) in [5.41, 5.74) is 1.46. The number of aromatic nitrogens is 3. The van der Waals surface area contributed by atoms with Crippen molar-refractivity contribution in [3.63, 3.8) is 0 Å². The second kappa shape index (κ2) is 6.82. The topological polar surface area (TPSA) is 60.2 Å². The van der Waals surface area contributed by atoms with Gasteiger partial charge >= 0.3 is 0 Å². The van der Waals surface area contributed by atoms with Crippen LogP contribution in [0.3, 0.4) is 0 Å². The number of hydrogen-bond donors (Lipinski definition) is 0. The molecule has 2 aromatic heterocycles. The van der Waals surface area contributed by atoms with Crippen molar-refractivity contribution in [3.05, 3.63) is 28.0 Å². The van der Waals surface area contributed by atoms with Crippen LogP contribution in [0.25, 0.3) is 0 Å². The first-order chi connectivity index (χ1) is 10.0. The molecule has 2 heterocycles. The van der Waals surface area contributed by atoms with E-state index in [9.17, 15) is 4.79 Å². The van der Waals surface area contributed by atoms with E-state index < -0.39 is 0 Å². The van der Waals surface area contributed by atoms with Gasteiger partial charge in [0.2, 0.25) is 0 Å². The molecule has 0 amide bonds. The third-order valence-corrected chi connectivity index (χ3v) is 3.99. The molecule has 0 aliphatic heterocycles. The third kappa shape index (κ3) is 3.89. The number of carbonyl (C=O) groups excluding carboxylic acids is 1. The lowest BCUT2D eigenvalue weighted by Gasteiger charge is -2.11. The molecule has 0 aliphatic carbocycles. The first kappa shape index (κ1) is 15.7. The molecule has 2 aromatic rings. The molecule has 0 fully saturated rings. The van der Waals surface area contributed by atoms with Crippen molar-refractivity contribution in [2.75, 3.05) is 27.7 Å². The lowest BCUT2D eigenvalue weighted by Crippen LogP contribution is -2.22. The highest BCUT2D eigenvalue weighted by Gasteiger charge is 2.20. The molecule has 0 atom stereocenters. The predicted molar refractivity (Wildman–Crippen MR) is 82.2 cm³/mol. The van der Waals surface area contributed by atoms with E-state index in [-0.39, 0.29) is 12.2 Å². The lowest BCUT2D eigenvalue weighted by molar-refractivity contribution is 0.0978. The van der Waals surface area contributed by atoms with Gasteiger partial charge in [-0.25, -0.2) is 4.98 Å². The molecule has 0 bridgehead atoms. The molecule has 2 rings (SSSR count). The molecule has 0 aliphatic rings. The lowest BCUT2D eigenvalue weighted by atomic mass is 10.2. The second-order valence-electron chi connectivity index (χ2n) is 5.07. The summed E-state index contributed by atoms with van der Waals surface area (Å²) in [4.78, 5) is 18.9. The van der Waals surface area contributed by atoms with Gasteiger partial charge in [-0.05, 0) is 21.0 Å². The highest BCUT2D eigenvalue weighted by Crippen LogP contribution is 2.21. The number of ketones is 1. The van der Waals surface area contributed by atoms with E-state index in [0.717, 1.165) is 17.2 Å². The molecule has 114 valence electrons. The fourth-order valence-electron chi connectivity index (χ4n) is 1.97. The Hall–Kier alpha value is -1.73. The van der Waals surface area contributed by atoms with E-state index >= 15 is 0 Å². The standard InChI is InChI=1S/C14H20N4O2S/c1-10-9-21-13(16-10)7-11(19)14-12(20-4)8-15-18(14)6-5-17(2)3/h8-9H,5-7H2,1-4H3. The molecule has 7 heteroatoms. The monoisotopic (exact) mass is 308 g/mol. The smallest absolute Gasteiger partial charge is 0.191 e. The van der Waals surface area contributed by atoms with Gasteiger partial charge in [-0.15, -0.1) is 11.3 Å². The van der Waals surface area contributed by atoms with E-state index in [1.165, 1.54) is 11.3 Å². The highest BCUT2D eigenvalue weighted by atomic mass is 32.1. The summed E-state index contributed by atoms with van der Waals surface area (Å²) < 4.78 is 6.97. The van der Waals surface area contributed by atoms with Crippen molar-refractivity contribution >= 4 is 17.1 Å². The third-order valence-electron chi connectivity index (χ3n) is 3.03. The number of Topliss-reactive ketones (excluding diaryl/α,β-unsaturated/α-hetero) is 1. The van der Waals surface area contributed by atoms with Crippen molar-refractivity contribution in [1.29, 1.82) is 0 Å². The van der Waals surface area contributed by atoms with Crippen molar-refractivity contribution in [2.24, 2.45) is 0 Å². The molecule has 21 heavy (non-hydrogen) atoms. The van der Waals surface area contributed by atoms with Crippen LogP contribution >= 0.6 is 11.3 Å². The van der Waals surface area contributed by atoms with Crippen LogP contribution < -0.4 is 4.74 Å². The summed E-state index contributed by atoms with van der Waals surface area (Å²) in [5.74, 6) is 0.504. The maximum atomic E-state index is 12.5. The molecule has 6 nitrogen and oxygen atoms in total. The largest absolute Gasteiger partial charge is 0.493 e. The summed E-state index contributed by atoms with van der Waals surface area (Å²) in [7, 11) is 5.53. The summed E-state index contributed by atoms with van der Waals surface area (Å²) in [6, 6.07) is 0. The van der Waals surface area contributed by atoms with Gasteiger partial charge in [0, 0.05) is 17.6 Å². The Morgan fingerprint density at radius 1 is 1.48 bits per heavy atom. The maximum absolute atomic E-state index is 12.5. The Morgan fingerprint density at radius 3 is 2.81 bits per heavy atom. The zero-order valence-electron chi connectivity index (χ0n) is 12.8. The molecular formula is C14H20N4O2S. The first-order valence-corrected chi connectivity index (χ1v) is 7.58. The number of hydrogen-bond acceptors (Lipinski definition) is 6. The van der Waals surface area contributed by atoms with Crippen LogP contribution in [-0.4, -0.2) is 53.2 Å². The highest BCUT2D eigenvalue weighted by molar-refractivity contribution is 7.09. The predicted octanol–water partition coefficient (Wildman–Crippen LogP) is 1.64. The minimum atomic E-state index is -0.0162. The SMILES string of the molecule is COc1cnn(CCN(C)C)c1C(=O)Cc1nc(C)cs1. The summed E-state index contributed by atoms with van der Waals surface area (Å²) in [6.45, 7) is 3.38. The van der Waals surface area contributed by atoms with E-state index in [4.69, 9.17) is 4.74 Å². The Morgan fingerprint density at radius 2 is 2.24 bits per heavy atom. The normalized spacial score (nSPS) is 11.1. The summed E-state index contributed by atoms with van der Waals surface area (Å²) >= 11 is 1.50. The minimum absolute atomic E-state index is 0.0162. The average molecular weight is 308 g/mol. The number of likely N-dealkylation sites (N-methyl/N-ethyl adjacent to an activating group) is 1. The van der Waals surface area contributed by atoms with Crippen LogP contribution in [0.5, 0.6) is 5.75 Å². The number of rotatable bonds is 7. The van der Waals surface area contributed by atoms with Crippen LogP contribution in [0.4, 0.5) is 0 Å². The summed E-state index contributed by atoms with van der Waals surface area (Å²) in [5, 5.41) is 7.02. The number of thiazole rings is 1. The van der Waals surface area contributed by atoms with Crippen LogP contribution in [0.2, 0.25) is 0 Å². The van der Waals surface area contributed by atoms with Crippen LogP contribution in [-0.2, 0) is 13.0 Å².